The molecule has 1 atom stereocenters. The second-order valence-corrected chi connectivity index (χ2v) is 4.73. The number of non-ortho nitro benzene ring substituents is 1. The highest BCUT2D eigenvalue weighted by molar-refractivity contribution is 9.10. The summed E-state index contributed by atoms with van der Waals surface area (Å²) in [6.45, 7) is 0. The average molecular weight is 302 g/mol. The molecular weight excluding hydrogens is 290 g/mol. The first kappa shape index (κ1) is 13.6. The molecule has 1 aromatic rings. The molecule has 1 aromatic carbocycles. The van der Waals surface area contributed by atoms with Crippen molar-refractivity contribution >= 4 is 27.6 Å². The number of nitro benzene ring substituents is 1. The van der Waals surface area contributed by atoms with E-state index < -0.39 is 15.7 Å². The van der Waals surface area contributed by atoms with Crippen LogP contribution in [0.1, 0.15) is 18.4 Å². The van der Waals surface area contributed by atoms with Crippen LogP contribution in [-0.2, 0) is 11.2 Å². The molecule has 1 unspecified atom stereocenters. The Hall–Kier alpha value is -1.43. The van der Waals surface area contributed by atoms with Gasteiger partial charge in [-0.1, -0.05) is 28.1 Å². The number of benzene rings is 1. The van der Waals surface area contributed by atoms with Crippen LogP contribution in [0.4, 0.5) is 5.69 Å². The van der Waals surface area contributed by atoms with Crippen molar-refractivity contribution in [3.63, 3.8) is 0 Å². The fraction of sp³-hybridized carbons (Fsp3) is 0.364. The molecule has 0 amide bonds. The van der Waals surface area contributed by atoms with E-state index in [2.05, 4.69) is 15.9 Å². The van der Waals surface area contributed by atoms with Gasteiger partial charge >= 0.3 is 5.97 Å². The molecule has 0 saturated heterocycles. The fourth-order valence-electron chi connectivity index (χ4n) is 1.43. The van der Waals surface area contributed by atoms with Gasteiger partial charge in [-0.25, -0.2) is 0 Å². The third-order valence-electron chi connectivity index (χ3n) is 2.31. The molecule has 17 heavy (non-hydrogen) atoms. The Morgan fingerprint density at radius 3 is 2.82 bits per heavy atom. The fourth-order valence-corrected chi connectivity index (χ4v) is 1.76. The van der Waals surface area contributed by atoms with E-state index in [9.17, 15) is 14.9 Å². The van der Waals surface area contributed by atoms with E-state index in [-0.39, 0.29) is 5.69 Å². The van der Waals surface area contributed by atoms with Gasteiger partial charge in [0.1, 0.15) is 4.83 Å². The molecule has 1 rings (SSSR count). The normalized spacial score (nSPS) is 12.1. The number of nitro groups is 1. The number of hydrogen-bond donors (Lipinski definition) is 1. The van der Waals surface area contributed by atoms with Crippen LogP contribution in [0.5, 0.6) is 0 Å². The van der Waals surface area contributed by atoms with Crippen LogP contribution in [0.2, 0.25) is 0 Å². The van der Waals surface area contributed by atoms with Gasteiger partial charge in [0.05, 0.1) is 4.92 Å². The lowest BCUT2D eigenvalue weighted by atomic mass is 10.1. The molecule has 1 N–H and O–H groups in total. The van der Waals surface area contributed by atoms with Crippen LogP contribution in [0, 0.1) is 10.1 Å². The van der Waals surface area contributed by atoms with E-state index in [0.717, 1.165) is 5.56 Å². The predicted octanol–water partition coefficient (Wildman–Crippen LogP) is 2.77. The first-order valence-electron chi connectivity index (χ1n) is 5.11. The maximum Gasteiger partial charge on any atom is 0.317 e. The quantitative estimate of drug-likeness (QED) is 0.498. The summed E-state index contributed by atoms with van der Waals surface area (Å²) in [6.07, 6.45) is 1.80. The highest BCUT2D eigenvalue weighted by Gasteiger charge is 2.12. The molecule has 5 nitrogen and oxygen atoms in total. The van der Waals surface area contributed by atoms with Gasteiger partial charge in [0.2, 0.25) is 0 Å². The zero-order chi connectivity index (χ0) is 12.8. The van der Waals surface area contributed by atoms with Gasteiger partial charge in [-0.2, -0.15) is 0 Å². The summed E-state index contributed by atoms with van der Waals surface area (Å²) in [5, 5.41) is 19.2. The van der Waals surface area contributed by atoms with Crippen LogP contribution in [-0.4, -0.2) is 20.8 Å². The van der Waals surface area contributed by atoms with E-state index in [1.807, 2.05) is 0 Å². The summed E-state index contributed by atoms with van der Waals surface area (Å²) in [6, 6.07) is 6.39. The van der Waals surface area contributed by atoms with Crippen molar-refractivity contribution in [1.29, 1.82) is 0 Å². The van der Waals surface area contributed by atoms with Gasteiger partial charge in [0.25, 0.3) is 5.69 Å². The summed E-state index contributed by atoms with van der Waals surface area (Å²) in [4.78, 5) is 20.1. The molecule has 0 bridgehead atoms. The maximum atomic E-state index is 10.5. The van der Waals surface area contributed by atoms with Crippen molar-refractivity contribution in [2.24, 2.45) is 0 Å². The van der Waals surface area contributed by atoms with Gasteiger partial charge in [-0.15, -0.1) is 0 Å². The number of carbonyl (C=O) groups is 1. The second kappa shape index (κ2) is 6.34. The van der Waals surface area contributed by atoms with Gasteiger partial charge in [0.15, 0.2) is 0 Å². The van der Waals surface area contributed by atoms with E-state index in [1.54, 1.807) is 12.1 Å². The highest BCUT2D eigenvalue weighted by Crippen LogP contribution is 2.16. The van der Waals surface area contributed by atoms with Crippen LogP contribution in [0.15, 0.2) is 24.3 Å². The predicted molar refractivity (Wildman–Crippen MR) is 66.4 cm³/mol. The minimum Gasteiger partial charge on any atom is -0.480 e. The van der Waals surface area contributed by atoms with Gasteiger partial charge in [-0.05, 0) is 24.8 Å². The Morgan fingerprint density at radius 1 is 1.53 bits per heavy atom. The molecule has 0 heterocycles. The SMILES string of the molecule is O=C(O)C(Br)CCCc1cccc([N+](=O)[O-])c1. The Balaban J connectivity index is 2.49. The van der Waals surface area contributed by atoms with Crippen LogP contribution >= 0.6 is 15.9 Å². The van der Waals surface area contributed by atoms with Gasteiger partial charge in [-0.3, -0.25) is 14.9 Å². The highest BCUT2D eigenvalue weighted by atomic mass is 79.9. The molecule has 0 saturated carbocycles. The topological polar surface area (TPSA) is 80.4 Å². The summed E-state index contributed by atoms with van der Waals surface area (Å²) in [5.41, 5.74) is 0.917. The Kier molecular flexibility index (Phi) is 5.09. The van der Waals surface area contributed by atoms with Crippen molar-refractivity contribution in [3.8, 4) is 0 Å². The third-order valence-corrected chi connectivity index (χ3v) is 3.16. The molecule has 0 aromatic heterocycles. The lowest BCUT2D eigenvalue weighted by Gasteiger charge is -2.04. The Morgan fingerprint density at radius 2 is 2.24 bits per heavy atom. The monoisotopic (exact) mass is 301 g/mol. The first-order valence-corrected chi connectivity index (χ1v) is 6.02. The second-order valence-electron chi connectivity index (χ2n) is 3.63. The number of rotatable bonds is 6. The van der Waals surface area contributed by atoms with Gasteiger partial charge in [0, 0.05) is 12.1 Å². The molecule has 0 fully saturated rings. The molecule has 6 heteroatoms. The summed E-state index contributed by atoms with van der Waals surface area (Å²) in [7, 11) is 0. The molecule has 92 valence electrons. The molecule has 0 aliphatic rings. The minimum atomic E-state index is -0.885. The smallest absolute Gasteiger partial charge is 0.317 e. The first-order chi connectivity index (χ1) is 8.00. The molecule has 0 aliphatic heterocycles. The van der Waals surface area contributed by atoms with Crippen LogP contribution in [0.3, 0.4) is 0 Å². The standard InChI is InChI=1S/C11H12BrNO4/c12-10(11(14)15)6-2-4-8-3-1-5-9(7-8)13(16)17/h1,3,5,7,10H,2,4,6H2,(H,14,15). The van der Waals surface area contributed by atoms with Crippen molar-refractivity contribution in [2.45, 2.75) is 24.1 Å². The summed E-state index contributed by atoms with van der Waals surface area (Å²) in [5.74, 6) is -0.885. The zero-order valence-electron chi connectivity index (χ0n) is 9.01. The van der Waals surface area contributed by atoms with Crippen molar-refractivity contribution in [3.05, 3.63) is 39.9 Å². The van der Waals surface area contributed by atoms with E-state index in [1.165, 1.54) is 12.1 Å². The lowest BCUT2D eigenvalue weighted by Crippen LogP contribution is -2.12. The number of alkyl halides is 1. The van der Waals surface area contributed by atoms with Crippen LogP contribution < -0.4 is 0 Å². The summed E-state index contributed by atoms with van der Waals surface area (Å²) < 4.78 is 0. The average Bonchev–Trinajstić information content (AvgIpc) is 2.29. The largest absolute Gasteiger partial charge is 0.480 e. The third kappa shape index (κ3) is 4.52. The van der Waals surface area contributed by atoms with Crippen molar-refractivity contribution in [2.75, 3.05) is 0 Å². The van der Waals surface area contributed by atoms with Crippen molar-refractivity contribution in [1.82, 2.24) is 0 Å². The number of aliphatic carboxylic acids is 1. The maximum absolute atomic E-state index is 10.5. The molecule has 0 spiro atoms. The number of carboxylic acids is 1. The number of carboxylic acid groups (broad SMARTS) is 1. The Labute approximate surface area is 107 Å². The number of halogens is 1. The molecular formula is C11H12BrNO4. The number of hydrogen-bond acceptors (Lipinski definition) is 3. The zero-order valence-corrected chi connectivity index (χ0v) is 10.6. The minimum absolute atomic E-state index is 0.0659. The number of aryl methyl sites for hydroxylation is 1. The molecule has 0 radical (unpaired) electrons. The van der Waals surface area contributed by atoms with Crippen molar-refractivity contribution < 1.29 is 14.8 Å². The van der Waals surface area contributed by atoms with E-state index in [4.69, 9.17) is 5.11 Å². The number of nitrogens with zero attached hydrogens (tertiary/aromatic N) is 1. The van der Waals surface area contributed by atoms with Crippen LogP contribution in [0.25, 0.3) is 0 Å². The van der Waals surface area contributed by atoms with E-state index in [0.29, 0.717) is 19.3 Å². The lowest BCUT2D eigenvalue weighted by molar-refractivity contribution is -0.384. The van der Waals surface area contributed by atoms with E-state index >= 15 is 0 Å². The summed E-state index contributed by atoms with van der Waals surface area (Å²) >= 11 is 3.05. The van der Waals surface area contributed by atoms with Gasteiger partial charge < -0.3 is 5.11 Å². The Bertz CT molecular complexity index is 422. The molecule has 0 aliphatic carbocycles.